The molecule has 1 aromatic rings. The van der Waals surface area contributed by atoms with Crippen LogP contribution >= 0.6 is 0 Å². The van der Waals surface area contributed by atoms with Gasteiger partial charge < -0.3 is 9.16 Å². The van der Waals surface area contributed by atoms with Gasteiger partial charge in [0.25, 0.3) is 8.32 Å². The van der Waals surface area contributed by atoms with Gasteiger partial charge in [0, 0.05) is 0 Å². The highest BCUT2D eigenvalue weighted by molar-refractivity contribution is 6.75. The highest BCUT2D eigenvalue weighted by atomic mass is 28.4. The number of ether oxygens (including phenoxy) is 1. The minimum absolute atomic E-state index is 0.365. The lowest BCUT2D eigenvalue weighted by Gasteiger charge is -2.29. The van der Waals surface area contributed by atoms with Crippen molar-refractivity contribution in [1.82, 2.24) is 0 Å². The molecule has 0 spiro atoms. The second-order valence-electron chi connectivity index (χ2n) is 6.19. The van der Waals surface area contributed by atoms with Gasteiger partial charge in [0.15, 0.2) is 0 Å². The van der Waals surface area contributed by atoms with Crippen LogP contribution in [0.25, 0.3) is 0 Å². The van der Waals surface area contributed by atoms with Crippen molar-refractivity contribution < 1.29 is 18.8 Å². The number of aryl methyl sites for hydroxylation is 1. The third-order valence-electron chi connectivity index (χ3n) is 3.83. The Morgan fingerprint density at radius 2 is 1.52 bits per heavy atom. The molecule has 0 aromatic heterocycles. The maximum Gasteiger partial charge on any atom is 0.458 e. The summed E-state index contributed by atoms with van der Waals surface area (Å²) in [5.74, 6) is 0.365. The van der Waals surface area contributed by atoms with Gasteiger partial charge in [0.2, 0.25) is 0 Å². The molecule has 25 heavy (non-hydrogen) atoms. The average molecular weight is 365 g/mol. The van der Waals surface area contributed by atoms with Gasteiger partial charge in [-0.3, -0.25) is 0 Å². The van der Waals surface area contributed by atoms with Crippen molar-refractivity contribution in [2.24, 2.45) is 10.2 Å². The third-order valence-corrected chi connectivity index (χ3v) is 8.67. The zero-order valence-corrected chi connectivity index (χ0v) is 16.6. The minimum Gasteiger partial charge on any atom is -0.501 e. The van der Waals surface area contributed by atoms with Crippen molar-refractivity contribution in [2.75, 3.05) is 0 Å². The molecule has 0 heterocycles. The molecule has 0 bridgehead atoms. The quantitative estimate of drug-likeness (QED) is 0.403. The predicted octanol–water partition coefficient (Wildman–Crippen LogP) is 6.26. The second kappa shape index (κ2) is 10.8. The molecule has 0 fully saturated rings. The number of rotatable bonds is 8. The normalized spacial score (nSPS) is 11.5. The lowest BCUT2D eigenvalue weighted by molar-refractivity contribution is 0.198. The SMILES string of the molecule is CCC[Si](CCC)(CCC)OC(=O)/N=N/C(=O)Oc1cccc(C)c1. The molecule has 0 aliphatic heterocycles. The summed E-state index contributed by atoms with van der Waals surface area (Å²) in [4.78, 5) is 23.7. The van der Waals surface area contributed by atoms with Crippen LogP contribution in [-0.2, 0) is 4.43 Å². The van der Waals surface area contributed by atoms with E-state index in [0.717, 1.165) is 43.0 Å². The van der Waals surface area contributed by atoms with E-state index in [1.54, 1.807) is 18.2 Å². The topological polar surface area (TPSA) is 77.3 Å². The summed E-state index contributed by atoms with van der Waals surface area (Å²) in [7, 11) is -2.17. The number of hydrogen-bond donors (Lipinski definition) is 0. The van der Waals surface area contributed by atoms with Gasteiger partial charge in [-0.05, 0) is 42.8 Å². The van der Waals surface area contributed by atoms with Gasteiger partial charge in [0.1, 0.15) is 5.75 Å². The highest BCUT2D eigenvalue weighted by Gasteiger charge is 2.36. The van der Waals surface area contributed by atoms with Gasteiger partial charge in [0.05, 0.1) is 0 Å². The van der Waals surface area contributed by atoms with E-state index in [0.29, 0.717) is 5.75 Å². The van der Waals surface area contributed by atoms with Crippen molar-refractivity contribution in [2.45, 2.75) is 65.1 Å². The van der Waals surface area contributed by atoms with Crippen LogP contribution in [0, 0.1) is 6.92 Å². The Balaban J connectivity index is 2.68. The van der Waals surface area contributed by atoms with Crippen LogP contribution in [0.15, 0.2) is 34.5 Å². The summed E-state index contributed by atoms with van der Waals surface area (Å²) in [5.41, 5.74) is 0.955. The number of amides is 2. The van der Waals surface area contributed by atoms with E-state index in [4.69, 9.17) is 9.16 Å². The standard InChI is InChI=1S/C18H28N2O4Si/c1-5-11-25(12-6-2,13-7-3)24-18(22)20-19-17(21)23-16-10-8-9-15(4)14-16/h8-10,14H,5-7,11-13H2,1-4H3/b20-19+. The van der Waals surface area contributed by atoms with Gasteiger partial charge in [-0.2, -0.15) is 0 Å². The lowest BCUT2D eigenvalue weighted by Crippen LogP contribution is -2.39. The largest absolute Gasteiger partial charge is 0.501 e. The summed E-state index contributed by atoms with van der Waals surface area (Å²) in [5, 5.41) is 6.72. The molecule has 1 aromatic carbocycles. The number of hydrogen-bond acceptors (Lipinski definition) is 4. The summed E-state index contributed by atoms with van der Waals surface area (Å²) < 4.78 is 10.7. The number of carbonyl (C=O) groups is 2. The first-order valence-electron chi connectivity index (χ1n) is 8.88. The summed E-state index contributed by atoms with van der Waals surface area (Å²) in [6.45, 7) is 8.14. The molecule has 0 saturated carbocycles. The molecule has 0 atom stereocenters. The van der Waals surface area contributed by atoms with Crippen molar-refractivity contribution in [3.63, 3.8) is 0 Å². The fourth-order valence-corrected chi connectivity index (χ4v) is 7.18. The maximum atomic E-state index is 12.0. The molecule has 0 aliphatic carbocycles. The van der Waals surface area contributed by atoms with Crippen LogP contribution in [0.5, 0.6) is 5.75 Å². The number of benzene rings is 1. The summed E-state index contributed by atoms with van der Waals surface area (Å²) >= 11 is 0. The molecule has 0 saturated heterocycles. The Labute approximate surface area is 150 Å². The van der Waals surface area contributed by atoms with E-state index in [-0.39, 0.29) is 0 Å². The van der Waals surface area contributed by atoms with Crippen LogP contribution in [0.4, 0.5) is 9.59 Å². The molecular formula is C18H28N2O4Si. The van der Waals surface area contributed by atoms with E-state index >= 15 is 0 Å². The smallest absolute Gasteiger partial charge is 0.458 e. The van der Waals surface area contributed by atoms with Crippen LogP contribution in [0.3, 0.4) is 0 Å². The fraction of sp³-hybridized carbons (Fsp3) is 0.556. The molecule has 1 rings (SSSR count). The lowest BCUT2D eigenvalue weighted by atomic mass is 10.2. The highest BCUT2D eigenvalue weighted by Crippen LogP contribution is 2.28. The Bertz CT molecular complexity index is 587. The first-order valence-corrected chi connectivity index (χ1v) is 11.4. The number of carbonyl (C=O) groups excluding carboxylic acids is 2. The molecule has 0 N–H and O–H groups in total. The van der Waals surface area contributed by atoms with Crippen LogP contribution in [-0.4, -0.2) is 20.5 Å². The molecule has 7 heteroatoms. The molecular weight excluding hydrogens is 336 g/mol. The Hall–Kier alpha value is -2.02. The third kappa shape index (κ3) is 7.60. The molecule has 0 aliphatic rings. The molecule has 0 radical (unpaired) electrons. The van der Waals surface area contributed by atoms with E-state index in [9.17, 15) is 9.59 Å². The molecule has 6 nitrogen and oxygen atoms in total. The molecule has 2 amide bonds. The van der Waals surface area contributed by atoms with Crippen molar-refractivity contribution in [3.05, 3.63) is 29.8 Å². The Kier molecular flexibility index (Phi) is 9.05. The van der Waals surface area contributed by atoms with Gasteiger partial charge in [-0.15, -0.1) is 0 Å². The van der Waals surface area contributed by atoms with E-state index in [1.165, 1.54) is 0 Å². The first-order chi connectivity index (χ1) is 11.9. The maximum absolute atomic E-state index is 12.0. The second-order valence-corrected chi connectivity index (χ2v) is 10.3. The molecule has 138 valence electrons. The zero-order valence-electron chi connectivity index (χ0n) is 15.6. The first kappa shape index (κ1) is 21.0. The van der Waals surface area contributed by atoms with Crippen LogP contribution < -0.4 is 4.74 Å². The zero-order chi connectivity index (χ0) is 18.7. The Morgan fingerprint density at radius 1 is 0.960 bits per heavy atom. The van der Waals surface area contributed by atoms with E-state index < -0.39 is 20.5 Å². The Morgan fingerprint density at radius 3 is 2.04 bits per heavy atom. The summed E-state index contributed by atoms with van der Waals surface area (Å²) in [6.07, 6.45) is 1.17. The van der Waals surface area contributed by atoms with Crippen molar-refractivity contribution in [1.29, 1.82) is 0 Å². The predicted molar refractivity (Wildman–Crippen MR) is 99.6 cm³/mol. The van der Waals surface area contributed by atoms with E-state index in [1.807, 2.05) is 13.0 Å². The van der Waals surface area contributed by atoms with Crippen molar-refractivity contribution >= 4 is 20.5 Å². The average Bonchev–Trinajstić information content (AvgIpc) is 2.54. The van der Waals surface area contributed by atoms with Gasteiger partial charge in [-0.1, -0.05) is 62.4 Å². The van der Waals surface area contributed by atoms with Crippen molar-refractivity contribution in [3.8, 4) is 5.75 Å². The monoisotopic (exact) mass is 364 g/mol. The minimum atomic E-state index is -2.17. The molecule has 0 unspecified atom stereocenters. The number of azo groups is 1. The van der Waals surface area contributed by atoms with E-state index in [2.05, 4.69) is 31.0 Å². The van der Waals surface area contributed by atoms with Crippen LogP contribution in [0.2, 0.25) is 18.1 Å². The van der Waals surface area contributed by atoms with Gasteiger partial charge >= 0.3 is 12.2 Å². The van der Waals surface area contributed by atoms with Crippen LogP contribution in [0.1, 0.15) is 45.6 Å². The fourth-order valence-electron chi connectivity index (χ4n) is 2.98. The number of nitrogens with zero attached hydrogens (tertiary/aromatic N) is 2. The van der Waals surface area contributed by atoms with Gasteiger partial charge in [-0.25, -0.2) is 9.59 Å². The summed E-state index contributed by atoms with van der Waals surface area (Å²) in [6, 6.07) is 9.71.